The number of nitrogens with zero attached hydrogens (tertiary/aromatic N) is 1. The molecule has 0 aromatic heterocycles. The van der Waals surface area contributed by atoms with Crippen molar-refractivity contribution in [1.82, 2.24) is 31.5 Å². The number of anilines is 1. The number of nitrogens with two attached hydrogens (primary N) is 1. The van der Waals surface area contributed by atoms with E-state index in [4.69, 9.17) is 10.5 Å². The lowest BCUT2D eigenvalue weighted by Gasteiger charge is -2.25. The second-order valence-electron chi connectivity index (χ2n) is 11.5. The Kier molecular flexibility index (Phi) is 17.3. The third-order valence-corrected chi connectivity index (χ3v) is 7.27. The summed E-state index contributed by atoms with van der Waals surface area (Å²) in [4.78, 5) is 96.9. The maximum Gasteiger partial charge on any atom is 0.407 e. The van der Waals surface area contributed by atoms with Gasteiger partial charge in [-0.15, -0.1) is 0 Å². The summed E-state index contributed by atoms with van der Waals surface area (Å²) >= 11 is 0. The lowest BCUT2D eigenvalue weighted by Crippen LogP contribution is -2.54. The van der Waals surface area contributed by atoms with Crippen molar-refractivity contribution >= 4 is 53.8 Å². The highest BCUT2D eigenvalue weighted by atomic mass is 16.5. The number of alkyl carbamates (subject to hydrolysis) is 1. The number of unbranched alkanes of at least 4 members (excludes halogenated alkanes) is 2. The molecule has 1 aromatic rings. The van der Waals surface area contributed by atoms with E-state index in [1.54, 1.807) is 38.1 Å². The molecule has 0 radical (unpaired) electrons. The highest BCUT2D eigenvalue weighted by molar-refractivity contribution is 6.12. The molecular weight excluding hydrogens is 640 g/mol. The van der Waals surface area contributed by atoms with Crippen LogP contribution in [0.4, 0.5) is 15.3 Å². The number of urea groups is 1. The standard InChI is InChI=1S/C32H46N8O9/c1-21(2)28(39-25(42)8-4-3-5-18-40-26(43)13-14-27(40)44)30(46)38-24(7-6-15-35-31(33)47)29(45)37-23-11-9-22(10-12-23)19-49-32(48)36-17-16-34-20-41/h9-14,20-21,24,28H,3-8,15-19H2,1-2H3,(H,34,41)(H,36,48)(H,37,45)(H,38,46)(H,39,42)(H3,33,35,47)/t24-,28-/m0/s1. The first-order valence-corrected chi connectivity index (χ1v) is 16.0. The number of hydrogen-bond donors (Lipinski definition) is 7. The molecule has 0 unspecified atom stereocenters. The van der Waals surface area contributed by atoms with Gasteiger partial charge in [-0.1, -0.05) is 32.4 Å². The first kappa shape index (κ1) is 39.7. The number of rotatable bonds is 22. The van der Waals surface area contributed by atoms with Crippen molar-refractivity contribution in [3.63, 3.8) is 0 Å². The van der Waals surface area contributed by atoms with Gasteiger partial charge in [0.25, 0.3) is 11.8 Å². The normalized spacial score (nSPS) is 13.3. The Hall–Kier alpha value is -5.48. The summed E-state index contributed by atoms with van der Waals surface area (Å²) in [6.45, 7) is 4.39. The summed E-state index contributed by atoms with van der Waals surface area (Å²) < 4.78 is 5.11. The van der Waals surface area contributed by atoms with Crippen LogP contribution in [0.3, 0.4) is 0 Å². The molecule has 0 saturated carbocycles. The molecule has 17 heteroatoms. The maximum absolute atomic E-state index is 13.3. The Labute approximate surface area is 284 Å². The number of hydrogen-bond acceptors (Lipinski definition) is 9. The van der Waals surface area contributed by atoms with E-state index < -0.39 is 36.0 Å². The summed E-state index contributed by atoms with van der Waals surface area (Å²) in [5, 5.41) is 15.5. The van der Waals surface area contributed by atoms with Gasteiger partial charge >= 0.3 is 12.1 Å². The van der Waals surface area contributed by atoms with Crippen molar-refractivity contribution in [2.45, 2.75) is 71.1 Å². The number of benzene rings is 1. The third-order valence-electron chi connectivity index (χ3n) is 7.27. The molecule has 0 saturated heterocycles. The lowest BCUT2D eigenvalue weighted by atomic mass is 10.0. The van der Waals surface area contributed by atoms with Crippen molar-refractivity contribution in [3.8, 4) is 0 Å². The minimum atomic E-state index is -1.02. The fourth-order valence-corrected chi connectivity index (χ4v) is 4.62. The average molecular weight is 687 g/mol. The zero-order chi connectivity index (χ0) is 36.2. The van der Waals surface area contributed by atoms with Crippen molar-refractivity contribution < 1.29 is 43.1 Å². The number of carbonyl (C=O) groups excluding carboxylic acids is 8. The maximum atomic E-state index is 13.3. The van der Waals surface area contributed by atoms with Gasteiger partial charge in [-0.3, -0.25) is 33.7 Å². The minimum absolute atomic E-state index is 0.0344. The third kappa shape index (κ3) is 15.3. The number of ether oxygens (including phenoxy) is 1. The van der Waals surface area contributed by atoms with Crippen LogP contribution in [-0.2, 0) is 40.1 Å². The Bertz CT molecular complexity index is 1330. The van der Waals surface area contributed by atoms with E-state index in [1.165, 1.54) is 12.2 Å². The topological polar surface area (TPSA) is 247 Å². The summed E-state index contributed by atoms with van der Waals surface area (Å²) in [7, 11) is 0. The molecule has 17 nitrogen and oxygen atoms in total. The van der Waals surface area contributed by atoms with Gasteiger partial charge in [0.15, 0.2) is 0 Å². The smallest absolute Gasteiger partial charge is 0.407 e. The van der Waals surface area contributed by atoms with Gasteiger partial charge in [-0.05, 0) is 49.3 Å². The van der Waals surface area contributed by atoms with Crippen LogP contribution in [-0.4, -0.2) is 91.2 Å². The fourth-order valence-electron chi connectivity index (χ4n) is 4.62. The van der Waals surface area contributed by atoms with Gasteiger partial charge < -0.3 is 42.4 Å². The van der Waals surface area contributed by atoms with Crippen LogP contribution in [0, 0.1) is 5.92 Å². The SMILES string of the molecule is CC(C)[C@H](NC(=O)CCCCCN1C(=O)C=CC1=O)C(=O)N[C@@H](CCCNC(N)=O)C(=O)Nc1ccc(COC(=O)NCCNC=O)cc1. The van der Waals surface area contributed by atoms with Crippen LogP contribution in [0.2, 0.25) is 0 Å². The molecule has 49 heavy (non-hydrogen) atoms. The lowest BCUT2D eigenvalue weighted by molar-refractivity contribution is -0.137. The molecule has 2 rings (SSSR count). The molecule has 1 aliphatic rings. The first-order valence-electron chi connectivity index (χ1n) is 16.0. The van der Waals surface area contributed by atoms with Gasteiger partial charge in [0.1, 0.15) is 18.7 Å². The minimum Gasteiger partial charge on any atom is -0.445 e. The van der Waals surface area contributed by atoms with Crippen LogP contribution in [0.25, 0.3) is 0 Å². The van der Waals surface area contributed by atoms with Crippen LogP contribution in [0.1, 0.15) is 57.9 Å². The van der Waals surface area contributed by atoms with Gasteiger partial charge in [0, 0.05) is 50.4 Å². The number of amides is 9. The molecule has 0 spiro atoms. The summed E-state index contributed by atoms with van der Waals surface area (Å²) in [6, 6.07) is 3.82. The number of carbonyl (C=O) groups is 8. The molecule has 1 aromatic carbocycles. The Morgan fingerprint density at radius 2 is 1.55 bits per heavy atom. The number of nitrogens with one attached hydrogen (secondary N) is 6. The summed E-state index contributed by atoms with van der Waals surface area (Å²) in [6.07, 6.45) is 4.51. The van der Waals surface area contributed by atoms with Gasteiger partial charge in [0.2, 0.25) is 24.1 Å². The molecule has 2 atom stereocenters. The number of imide groups is 1. The van der Waals surface area contributed by atoms with E-state index in [2.05, 4.69) is 31.9 Å². The molecule has 1 heterocycles. The monoisotopic (exact) mass is 686 g/mol. The predicted molar refractivity (Wildman–Crippen MR) is 177 cm³/mol. The van der Waals surface area contributed by atoms with Crippen LogP contribution in [0.5, 0.6) is 0 Å². The highest BCUT2D eigenvalue weighted by Crippen LogP contribution is 2.13. The van der Waals surface area contributed by atoms with Gasteiger partial charge in [-0.25, -0.2) is 9.59 Å². The molecule has 268 valence electrons. The summed E-state index contributed by atoms with van der Waals surface area (Å²) in [5.41, 5.74) is 6.19. The van der Waals surface area contributed by atoms with Gasteiger partial charge in [-0.2, -0.15) is 0 Å². The molecule has 0 fully saturated rings. The van der Waals surface area contributed by atoms with E-state index >= 15 is 0 Å². The second-order valence-corrected chi connectivity index (χ2v) is 11.5. The van der Waals surface area contributed by atoms with E-state index in [1.807, 2.05) is 0 Å². The Morgan fingerprint density at radius 3 is 2.18 bits per heavy atom. The van der Waals surface area contributed by atoms with E-state index in [-0.39, 0.29) is 69.3 Å². The largest absolute Gasteiger partial charge is 0.445 e. The van der Waals surface area contributed by atoms with E-state index in [0.717, 1.165) is 4.90 Å². The van der Waals surface area contributed by atoms with Crippen molar-refractivity contribution in [3.05, 3.63) is 42.0 Å². The molecule has 0 bridgehead atoms. The van der Waals surface area contributed by atoms with Gasteiger partial charge in [0.05, 0.1) is 0 Å². The zero-order valence-corrected chi connectivity index (χ0v) is 27.8. The quantitative estimate of drug-likeness (QED) is 0.0498. The summed E-state index contributed by atoms with van der Waals surface area (Å²) in [5.74, 6) is -2.46. The van der Waals surface area contributed by atoms with Crippen LogP contribution in [0.15, 0.2) is 36.4 Å². The molecule has 0 aliphatic carbocycles. The second kappa shape index (κ2) is 21.4. The molecule has 9 amide bonds. The number of primary amides is 1. The highest BCUT2D eigenvalue weighted by Gasteiger charge is 2.29. The van der Waals surface area contributed by atoms with E-state index in [0.29, 0.717) is 43.3 Å². The molecule has 8 N–H and O–H groups in total. The van der Waals surface area contributed by atoms with E-state index in [9.17, 15) is 38.4 Å². The Morgan fingerprint density at radius 1 is 0.857 bits per heavy atom. The van der Waals surface area contributed by atoms with Crippen molar-refractivity contribution in [2.24, 2.45) is 11.7 Å². The molecular formula is C32H46N8O9. The van der Waals surface area contributed by atoms with Crippen LogP contribution >= 0.6 is 0 Å². The Balaban J connectivity index is 1.92. The fraction of sp³-hybridized carbons (Fsp3) is 0.500. The molecule has 1 aliphatic heterocycles. The van der Waals surface area contributed by atoms with Crippen LogP contribution < -0.4 is 37.6 Å². The van der Waals surface area contributed by atoms with Crippen molar-refractivity contribution in [1.29, 1.82) is 0 Å². The van der Waals surface area contributed by atoms with Crippen molar-refractivity contribution in [2.75, 3.05) is 31.5 Å². The first-order chi connectivity index (χ1) is 23.4. The predicted octanol–water partition coefficient (Wildman–Crippen LogP) is 0.157. The zero-order valence-electron chi connectivity index (χ0n) is 27.8. The average Bonchev–Trinajstić information content (AvgIpc) is 3.38.